The van der Waals surface area contributed by atoms with E-state index in [1.807, 2.05) is 54.6 Å². The fourth-order valence-corrected chi connectivity index (χ4v) is 2.15. The monoisotopic (exact) mass is 244 g/mol. The fraction of sp³-hybridized carbons (Fsp3) is 0.133. The largest absolute Gasteiger partial charge is 0.318 e. The van der Waals surface area contributed by atoms with Crippen molar-refractivity contribution >= 4 is 11.6 Å². The minimum atomic E-state index is -0.577. The van der Waals surface area contributed by atoms with E-state index < -0.39 is 5.54 Å². The summed E-state index contributed by atoms with van der Waals surface area (Å²) in [6.07, 6.45) is 0.581. The Morgan fingerprint density at radius 3 is 2.24 bits per heavy atom. The van der Waals surface area contributed by atoms with E-state index in [0.29, 0.717) is 11.4 Å². The molecule has 1 radical (unpaired) electrons. The van der Waals surface area contributed by atoms with E-state index in [0.717, 1.165) is 11.1 Å². The second kappa shape index (κ2) is 4.91. The van der Waals surface area contributed by atoms with Gasteiger partial charge in [0.05, 0.1) is 5.54 Å². The van der Waals surface area contributed by atoms with Crippen LogP contribution in [-0.4, -0.2) is 0 Å². The van der Waals surface area contributed by atoms with E-state index in [4.69, 9.17) is 17.3 Å². The van der Waals surface area contributed by atoms with Crippen molar-refractivity contribution in [3.05, 3.63) is 77.7 Å². The van der Waals surface area contributed by atoms with Gasteiger partial charge in [-0.3, -0.25) is 0 Å². The molecule has 1 atom stereocenters. The molecule has 2 N–H and O–H groups in total. The fourth-order valence-electron chi connectivity index (χ4n) is 1.96. The van der Waals surface area contributed by atoms with Gasteiger partial charge in [-0.05, 0) is 29.7 Å². The Balaban J connectivity index is 2.52. The molecule has 0 aliphatic heterocycles. The van der Waals surface area contributed by atoms with Gasteiger partial charge in [-0.25, -0.2) is 0 Å². The predicted molar refractivity (Wildman–Crippen MR) is 72.8 cm³/mol. The first-order valence-electron chi connectivity index (χ1n) is 5.56. The molecule has 0 aliphatic rings. The van der Waals surface area contributed by atoms with Crippen molar-refractivity contribution in [3.8, 4) is 0 Å². The first-order chi connectivity index (χ1) is 8.16. The van der Waals surface area contributed by atoms with E-state index in [9.17, 15) is 0 Å². The number of halogens is 1. The summed E-state index contributed by atoms with van der Waals surface area (Å²) in [6, 6.07) is 17.6. The van der Waals surface area contributed by atoms with E-state index in [1.165, 1.54) is 0 Å². The van der Waals surface area contributed by atoms with Crippen molar-refractivity contribution in [3.63, 3.8) is 0 Å². The molecule has 0 saturated heterocycles. The van der Waals surface area contributed by atoms with Crippen molar-refractivity contribution in [2.24, 2.45) is 5.73 Å². The van der Waals surface area contributed by atoms with E-state index in [1.54, 1.807) is 0 Å². The summed E-state index contributed by atoms with van der Waals surface area (Å²) in [4.78, 5) is 0. The molecule has 0 aromatic heterocycles. The molecule has 0 heterocycles. The third kappa shape index (κ3) is 2.36. The Morgan fingerprint density at radius 2 is 1.65 bits per heavy atom. The third-order valence-corrected chi connectivity index (χ3v) is 3.26. The van der Waals surface area contributed by atoms with E-state index in [2.05, 4.69) is 6.92 Å². The van der Waals surface area contributed by atoms with Gasteiger partial charge in [0.15, 0.2) is 0 Å². The average Bonchev–Trinajstić information content (AvgIpc) is 2.39. The maximum absolute atomic E-state index is 6.49. The standard InChI is InChI=1S/C15H15ClN/c1-2-15(17,12-7-4-3-5-8-12)13-9-6-10-14(16)11-13/h3-11H,1-2,17H2. The molecule has 17 heavy (non-hydrogen) atoms. The van der Waals surface area contributed by atoms with Crippen LogP contribution in [0.1, 0.15) is 17.5 Å². The van der Waals surface area contributed by atoms with E-state index >= 15 is 0 Å². The zero-order chi connectivity index (χ0) is 12.3. The number of nitrogens with two attached hydrogens (primary N) is 1. The first kappa shape index (κ1) is 12.2. The molecule has 87 valence electrons. The lowest BCUT2D eigenvalue weighted by molar-refractivity contribution is 0.545. The van der Waals surface area contributed by atoms with Crippen LogP contribution in [0.25, 0.3) is 0 Å². The van der Waals surface area contributed by atoms with Crippen molar-refractivity contribution < 1.29 is 0 Å². The van der Waals surface area contributed by atoms with Gasteiger partial charge in [0.1, 0.15) is 0 Å². The highest BCUT2D eigenvalue weighted by Gasteiger charge is 2.27. The summed E-state index contributed by atoms with van der Waals surface area (Å²) in [5.41, 5.74) is 7.96. The number of hydrogen-bond donors (Lipinski definition) is 1. The maximum Gasteiger partial charge on any atom is 0.0666 e. The van der Waals surface area contributed by atoms with Crippen molar-refractivity contribution in [2.75, 3.05) is 0 Å². The number of benzene rings is 2. The van der Waals surface area contributed by atoms with Crippen LogP contribution in [0.2, 0.25) is 5.02 Å². The minimum Gasteiger partial charge on any atom is -0.318 e. The molecular formula is C15H15ClN. The zero-order valence-electron chi connectivity index (χ0n) is 9.57. The van der Waals surface area contributed by atoms with E-state index in [-0.39, 0.29) is 0 Å². The van der Waals surface area contributed by atoms with Gasteiger partial charge in [-0.15, -0.1) is 0 Å². The van der Waals surface area contributed by atoms with Crippen LogP contribution in [0.15, 0.2) is 54.6 Å². The maximum atomic E-state index is 6.49. The minimum absolute atomic E-state index is 0.577. The number of hydrogen-bond acceptors (Lipinski definition) is 1. The smallest absolute Gasteiger partial charge is 0.0666 e. The van der Waals surface area contributed by atoms with Gasteiger partial charge in [-0.2, -0.15) is 0 Å². The van der Waals surface area contributed by atoms with Crippen LogP contribution >= 0.6 is 11.6 Å². The second-order valence-electron chi connectivity index (χ2n) is 4.10. The molecule has 0 fully saturated rings. The summed E-state index contributed by atoms with van der Waals surface area (Å²) in [7, 11) is 0. The summed E-state index contributed by atoms with van der Waals surface area (Å²) in [5.74, 6) is 0. The van der Waals surface area contributed by atoms with Gasteiger partial charge in [-0.1, -0.05) is 61.0 Å². The van der Waals surface area contributed by atoms with Crippen molar-refractivity contribution in [1.29, 1.82) is 0 Å². The molecule has 0 bridgehead atoms. The van der Waals surface area contributed by atoms with Gasteiger partial charge >= 0.3 is 0 Å². The summed E-state index contributed by atoms with van der Waals surface area (Å²) >= 11 is 6.02. The summed E-state index contributed by atoms with van der Waals surface area (Å²) in [5, 5.41) is 0.696. The highest BCUT2D eigenvalue weighted by atomic mass is 35.5. The molecule has 2 aromatic carbocycles. The zero-order valence-corrected chi connectivity index (χ0v) is 10.3. The second-order valence-corrected chi connectivity index (χ2v) is 4.53. The lowest BCUT2D eigenvalue weighted by atomic mass is 9.82. The third-order valence-electron chi connectivity index (χ3n) is 3.02. The molecule has 1 nitrogen and oxygen atoms in total. The molecule has 0 aliphatic carbocycles. The molecule has 1 unspecified atom stereocenters. The van der Waals surface area contributed by atoms with Crippen molar-refractivity contribution in [1.82, 2.24) is 0 Å². The number of rotatable bonds is 3. The molecule has 2 rings (SSSR count). The van der Waals surface area contributed by atoms with Crippen LogP contribution in [0.4, 0.5) is 0 Å². The van der Waals surface area contributed by atoms with Crippen LogP contribution in [0.5, 0.6) is 0 Å². The van der Waals surface area contributed by atoms with Gasteiger partial charge in [0.25, 0.3) is 0 Å². The molecule has 0 amide bonds. The van der Waals surface area contributed by atoms with Gasteiger partial charge in [0, 0.05) is 5.02 Å². The normalized spacial score (nSPS) is 14.3. The van der Waals surface area contributed by atoms with Gasteiger partial charge in [0.2, 0.25) is 0 Å². The highest BCUT2D eigenvalue weighted by molar-refractivity contribution is 6.30. The summed E-state index contributed by atoms with van der Waals surface area (Å²) in [6.45, 7) is 3.97. The quantitative estimate of drug-likeness (QED) is 0.874. The molecule has 0 spiro atoms. The van der Waals surface area contributed by atoms with Crippen molar-refractivity contribution in [2.45, 2.75) is 12.0 Å². The Morgan fingerprint density at radius 1 is 1.00 bits per heavy atom. The molecule has 0 saturated carbocycles. The van der Waals surface area contributed by atoms with Crippen LogP contribution in [-0.2, 0) is 5.54 Å². The lowest BCUT2D eigenvalue weighted by Crippen LogP contribution is -2.37. The first-order valence-corrected chi connectivity index (χ1v) is 5.94. The molecule has 2 aromatic rings. The summed E-state index contributed by atoms with van der Waals surface area (Å²) < 4.78 is 0. The molecular weight excluding hydrogens is 230 g/mol. The lowest BCUT2D eigenvalue weighted by Gasteiger charge is -2.29. The highest BCUT2D eigenvalue weighted by Crippen LogP contribution is 2.31. The van der Waals surface area contributed by atoms with Crippen LogP contribution in [0.3, 0.4) is 0 Å². The van der Waals surface area contributed by atoms with Crippen LogP contribution < -0.4 is 5.73 Å². The SMILES string of the molecule is [CH2]CC(N)(c1ccccc1)c1cccc(Cl)c1. The topological polar surface area (TPSA) is 26.0 Å². The Bertz CT molecular complexity index is 495. The predicted octanol–water partition coefficient (Wildman–Crippen LogP) is 3.77. The van der Waals surface area contributed by atoms with Gasteiger partial charge < -0.3 is 5.73 Å². The Kier molecular flexibility index (Phi) is 3.51. The average molecular weight is 245 g/mol. The molecule has 2 heteroatoms. The van der Waals surface area contributed by atoms with Crippen LogP contribution in [0, 0.1) is 6.92 Å². The Labute approximate surface area is 107 Å². The Hall–Kier alpha value is -1.31.